The third-order valence-corrected chi connectivity index (χ3v) is 3.39. The van der Waals surface area contributed by atoms with E-state index in [9.17, 15) is 13.6 Å². The fourth-order valence-electron chi connectivity index (χ4n) is 2.25. The first-order valence-electron chi connectivity index (χ1n) is 6.54. The van der Waals surface area contributed by atoms with E-state index in [0.29, 0.717) is 6.42 Å². The van der Waals surface area contributed by atoms with Crippen LogP contribution in [0.25, 0.3) is 5.70 Å². The molecule has 1 aliphatic rings. The summed E-state index contributed by atoms with van der Waals surface area (Å²) in [5.74, 6) is -1.86. The molecule has 0 spiro atoms. The SMILES string of the molecule is COCOc1cc(F)c(C2=CCC(C)C(=O)N2C)c(F)c1. The van der Waals surface area contributed by atoms with Gasteiger partial charge in [-0.15, -0.1) is 0 Å². The Hall–Kier alpha value is -1.95. The number of rotatable bonds is 4. The van der Waals surface area contributed by atoms with Gasteiger partial charge in [0.2, 0.25) is 5.91 Å². The number of hydrogen-bond acceptors (Lipinski definition) is 3. The molecule has 0 aromatic heterocycles. The van der Waals surface area contributed by atoms with Gasteiger partial charge in [-0.3, -0.25) is 4.79 Å². The number of nitrogens with zero attached hydrogens (tertiary/aromatic N) is 1. The highest BCUT2D eigenvalue weighted by Gasteiger charge is 2.28. The number of allylic oxidation sites excluding steroid dienone is 1. The summed E-state index contributed by atoms with van der Waals surface area (Å²) in [4.78, 5) is 13.2. The van der Waals surface area contributed by atoms with Gasteiger partial charge in [-0.2, -0.15) is 0 Å². The molecule has 0 saturated carbocycles. The maximum Gasteiger partial charge on any atom is 0.229 e. The number of ether oxygens (including phenoxy) is 2. The van der Waals surface area contributed by atoms with Gasteiger partial charge in [0.1, 0.15) is 17.4 Å². The molecule has 6 heteroatoms. The van der Waals surface area contributed by atoms with E-state index in [4.69, 9.17) is 4.74 Å². The molecular formula is C15H17F2NO3. The number of carbonyl (C=O) groups excluding carboxylic acids is 1. The Morgan fingerprint density at radius 3 is 2.52 bits per heavy atom. The quantitative estimate of drug-likeness (QED) is 0.802. The van der Waals surface area contributed by atoms with Crippen molar-refractivity contribution < 1.29 is 23.0 Å². The number of benzene rings is 1. The average Bonchev–Trinajstić information content (AvgIpc) is 2.44. The molecule has 0 N–H and O–H groups in total. The molecule has 1 aromatic rings. The van der Waals surface area contributed by atoms with Crippen LogP contribution >= 0.6 is 0 Å². The molecule has 1 aliphatic heterocycles. The zero-order chi connectivity index (χ0) is 15.6. The Bertz CT molecular complexity index is 563. The first-order valence-corrected chi connectivity index (χ1v) is 6.54. The fourth-order valence-corrected chi connectivity index (χ4v) is 2.25. The van der Waals surface area contributed by atoms with Gasteiger partial charge in [0.25, 0.3) is 0 Å². The molecule has 0 fully saturated rings. The molecule has 2 rings (SSSR count). The Kier molecular flexibility index (Phi) is 4.57. The lowest BCUT2D eigenvalue weighted by Gasteiger charge is -2.29. The van der Waals surface area contributed by atoms with Crippen LogP contribution in [0.4, 0.5) is 8.78 Å². The molecule has 0 bridgehead atoms. The van der Waals surface area contributed by atoms with Crippen LogP contribution in [0.15, 0.2) is 18.2 Å². The summed E-state index contributed by atoms with van der Waals surface area (Å²) < 4.78 is 38.1. The molecular weight excluding hydrogens is 280 g/mol. The van der Waals surface area contributed by atoms with E-state index in [1.54, 1.807) is 13.0 Å². The van der Waals surface area contributed by atoms with Crippen LogP contribution < -0.4 is 4.74 Å². The average molecular weight is 297 g/mol. The summed E-state index contributed by atoms with van der Waals surface area (Å²) in [6, 6.07) is 2.16. The van der Waals surface area contributed by atoms with Crippen molar-refractivity contribution >= 4 is 11.6 Å². The Morgan fingerprint density at radius 2 is 1.95 bits per heavy atom. The zero-order valence-electron chi connectivity index (χ0n) is 12.2. The number of methoxy groups -OCH3 is 1. The van der Waals surface area contributed by atoms with E-state index in [0.717, 1.165) is 12.1 Å². The Balaban J connectivity index is 2.38. The van der Waals surface area contributed by atoms with Crippen LogP contribution in [0.2, 0.25) is 0 Å². The van der Waals surface area contributed by atoms with Gasteiger partial charge in [0.05, 0.1) is 11.3 Å². The highest BCUT2D eigenvalue weighted by molar-refractivity contribution is 5.90. The van der Waals surface area contributed by atoms with Crippen LogP contribution in [0.3, 0.4) is 0 Å². The first kappa shape index (κ1) is 15.4. The lowest BCUT2D eigenvalue weighted by atomic mass is 9.97. The van der Waals surface area contributed by atoms with Gasteiger partial charge in [-0.1, -0.05) is 13.0 Å². The topological polar surface area (TPSA) is 38.8 Å². The Morgan fingerprint density at radius 1 is 1.33 bits per heavy atom. The van der Waals surface area contributed by atoms with Crippen molar-refractivity contribution in [3.8, 4) is 5.75 Å². The second-order valence-corrected chi connectivity index (χ2v) is 4.94. The van der Waals surface area contributed by atoms with Crippen molar-refractivity contribution in [1.29, 1.82) is 0 Å². The summed E-state index contributed by atoms with van der Waals surface area (Å²) in [7, 11) is 2.92. The first-order chi connectivity index (χ1) is 9.95. The highest BCUT2D eigenvalue weighted by atomic mass is 19.1. The summed E-state index contributed by atoms with van der Waals surface area (Å²) in [5, 5.41) is 0. The molecule has 1 amide bonds. The predicted molar refractivity (Wildman–Crippen MR) is 73.4 cm³/mol. The molecule has 1 unspecified atom stereocenters. The normalized spacial score (nSPS) is 18.7. The fraction of sp³-hybridized carbons (Fsp3) is 0.400. The van der Waals surface area contributed by atoms with Crippen LogP contribution in [0.5, 0.6) is 5.75 Å². The van der Waals surface area contributed by atoms with Crippen LogP contribution in [0, 0.1) is 17.6 Å². The van der Waals surface area contributed by atoms with Gasteiger partial charge in [0.15, 0.2) is 6.79 Å². The molecule has 1 aromatic carbocycles. The summed E-state index contributed by atoms with van der Waals surface area (Å²) in [5.41, 5.74) is 0.0221. The molecule has 1 heterocycles. The number of carbonyl (C=O) groups is 1. The minimum atomic E-state index is -0.776. The van der Waals surface area contributed by atoms with Gasteiger partial charge < -0.3 is 14.4 Å². The van der Waals surface area contributed by atoms with Crippen LogP contribution in [-0.4, -0.2) is 31.8 Å². The molecule has 0 aliphatic carbocycles. The van der Waals surface area contributed by atoms with Crippen molar-refractivity contribution in [2.75, 3.05) is 21.0 Å². The third-order valence-electron chi connectivity index (χ3n) is 3.39. The van der Waals surface area contributed by atoms with E-state index >= 15 is 0 Å². The predicted octanol–water partition coefficient (Wildman–Crippen LogP) is 2.79. The van der Waals surface area contributed by atoms with E-state index in [-0.39, 0.29) is 35.6 Å². The maximum atomic E-state index is 14.2. The second-order valence-electron chi connectivity index (χ2n) is 4.94. The lowest BCUT2D eigenvalue weighted by molar-refractivity contribution is -0.131. The molecule has 0 saturated heterocycles. The number of hydrogen-bond donors (Lipinski definition) is 0. The van der Waals surface area contributed by atoms with Gasteiger partial charge in [-0.25, -0.2) is 8.78 Å². The second kappa shape index (κ2) is 6.22. The number of halogens is 2. The maximum absolute atomic E-state index is 14.2. The third kappa shape index (κ3) is 3.05. The zero-order valence-corrected chi connectivity index (χ0v) is 12.2. The minimum Gasteiger partial charge on any atom is -0.467 e. The van der Waals surface area contributed by atoms with E-state index < -0.39 is 11.6 Å². The molecule has 4 nitrogen and oxygen atoms in total. The van der Waals surface area contributed by atoms with Gasteiger partial charge in [0, 0.05) is 32.2 Å². The van der Waals surface area contributed by atoms with Gasteiger partial charge in [-0.05, 0) is 6.42 Å². The van der Waals surface area contributed by atoms with E-state index in [2.05, 4.69) is 4.74 Å². The van der Waals surface area contributed by atoms with Crippen molar-refractivity contribution in [2.45, 2.75) is 13.3 Å². The molecule has 0 radical (unpaired) electrons. The lowest BCUT2D eigenvalue weighted by Crippen LogP contribution is -2.34. The summed E-state index contributed by atoms with van der Waals surface area (Å²) in [6.45, 7) is 1.68. The summed E-state index contributed by atoms with van der Waals surface area (Å²) in [6.07, 6.45) is 2.13. The minimum absolute atomic E-state index is 0.0364. The molecule has 1 atom stereocenters. The Labute approximate surface area is 121 Å². The van der Waals surface area contributed by atoms with Crippen LogP contribution in [-0.2, 0) is 9.53 Å². The van der Waals surface area contributed by atoms with Crippen molar-refractivity contribution in [2.24, 2.45) is 5.92 Å². The number of amides is 1. The van der Waals surface area contributed by atoms with Crippen molar-refractivity contribution in [3.63, 3.8) is 0 Å². The highest BCUT2D eigenvalue weighted by Crippen LogP contribution is 2.32. The molecule has 114 valence electrons. The summed E-state index contributed by atoms with van der Waals surface area (Å²) >= 11 is 0. The molecule has 21 heavy (non-hydrogen) atoms. The van der Waals surface area contributed by atoms with Gasteiger partial charge >= 0.3 is 0 Å². The van der Waals surface area contributed by atoms with E-state index in [1.165, 1.54) is 19.1 Å². The van der Waals surface area contributed by atoms with Crippen molar-refractivity contribution in [3.05, 3.63) is 35.4 Å². The largest absolute Gasteiger partial charge is 0.467 e. The van der Waals surface area contributed by atoms with E-state index in [1.807, 2.05) is 0 Å². The van der Waals surface area contributed by atoms with Crippen molar-refractivity contribution in [1.82, 2.24) is 4.90 Å². The monoisotopic (exact) mass is 297 g/mol. The smallest absolute Gasteiger partial charge is 0.229 e. The van der Waals surface area contributed by atoms with Crippen LogP contribution in [0.1, 0.15) is 18.9 Å². The standard InChI is InChI=1S/C15H17F2NO3/c1-9-4-5-13(18(2)15(9)19)14-11(16)6-10(7-12(14)17)21-8-20-3/h5-7,9H,4,8H2,1-3H3.